The van der Waals surface area contributed by atoms with Crippen LogP contribution in [-0.2, 0) is 7.05 Å². The van der Waals surface area contributed by atoms with Gasteiger partial charge in [-0.05, 0) is 25.1 Å². The summed E-state index contributed by atoms with van der Waals surface area (Å²) >= 11 is 9.67. The van der Waals surface area contributed by atoms with Crippen LogP contribution < -0.4 is 0 Å². The van der Waals surface area contributed by atoms with Gasteiger partial charge in [0.2, 0.25) is 0 Å². The Morgan fingerprint density at radius 3 is 2.62 bits per heavy atom. The Hall–Kier alpha value is -1.69. The van der Waals surface area contributed by atoms with Gasteiger partial charge in [0.05, 0.1) is 11.4 Å². The van der Waals surface area contributed by atoms with Crippen LogP contribution in [0.25, 0.3) is 11.3 Å². The van der Waals surface area contributed by atoms with Crippen molar-refractivity contribution in [3.8, 4) is 11.3 Å². The topological polar surface area (TPSA) is 38.0 Å². The number of aliphatic hydroxyl groups excluding tert-OH is 1. The molecule has 0 aliphatic rings. The van der Waals surface area contributed by atoms with Gasteiger partial charge >= 0.3 is 0 Å². The number of aromatic nitrogens is 2. The van der Waals surface area contributed by atoms with Crippen LogP contribution in [0.4, 0.5) is 4.39 Å². The Labute approximate surface area is 152 Å². The summed E-state index contributed by atoms with van der Waals surface area (Å²) in [5, 5.41) is 15.5. The van der Waals surface area contributed by atoms with Gasteiger partial charge in [-0.15, -0.1) is 0 Å². The first-order chi connectivity index (χ1) is 11.4. The molecule has 1 atom stereocenters. The Bertz CT molecular complexity index is 910. The van der Waals surface area contributed by atoms with Crippen LogP contribution in [0.2, 0.25) is 5.02 Å². The monoisotopic (exact) mass is 408 g/mol. The normalized spacial score (nSPS) is 12.4. The first-order valence-corrected chi connectivity index (χ1v) is 8.48. The van der Waals surface area contributed by atoms with Gasteiger partial charge in [-0.2, -0.15) is 5.10 Å². The smallest absolute Gasteiger partial charge is 0.124 e. The zero-order chi connectivity index (χ0) is 17.4. The van der Waals surface area contributed by atoms with E-state index >= 15 is 0 Å². The highest BCUT2D eigenvalue weighted by Gasteiger charge is 2.25. The van der Waals surface area contributed by atoms with Crippen LogP contribution in [0.5, 0.6) is 0 Å². The maximum atomic E-state index is 13.3. The number of hydrogen-bond donors (Lipinski definition) is 1. The molecule has 0 saturated carbocycles. The summed E-state index contributed by atoms with van der Waals surface area (Å²) in [5.41, 5.74) is 3.48. The van der Waals surface area contributed by atoms with E-state index in [1.165, 1.54) is 18.2 Å². The lowest BCUT2D eigenvalue weighted by Gasteiger charge is -2.16. The number of benzene rings is 2. The molecule has 0 spiro atoms. The number of aliphatic hydroxyl groups is 1. The largest absolute Gasteiger partial charge is 0.383 e. The fraction of sp³-hybridized carbons (Fsp3) is 0.167. The van der Waals surface area contributed by atoms with Gasteiger partial charge in [-0.1, -0.05) is 51.8 Å². The van der Waals surface area contributed by atoms with E-state index in [0.717, 1.165) is 15.7 Å². The molecule has 6 heteroatoms. The second-order valence-corrected chi connectivity index (χ2v) is 6.78. The summed E-state index contributed by atoms with van der Waals surface area (Å²) < 4.78 is 15.9. The number of nitrogens with zero attached hydrogens (tertiary/aromatic N) is 2. The summed E-state index contributed by atoms with van der Waals surface area (Å²) in [6.45, 7) is 1.83. The van der Waals surface area contributed by atoms with Gasteiger partial charge in [0, 0.05) is 33.2 Å². The Balaban J connectivity index is 2.20. The molecule has 0 bridgehead atoms. The predicted molar refractivity (Wildman–Crippen MR) is 96.6 cm³/mol. The zero-order valence-corrected chi connectivity index (χ0v) is 15.4. The number of halogens is 3. The van der Waals surface area contributed by atoms with Crippen molar-refractivity contribution in [2.24, 2.45) is 7.05 Å². The van der Waals surface area contributed by atoms with Crippen LogP contribution in [0.3, 0.4) is 0 Å². The first kappa shape index (κ1) is 17.1. The predicted octanol–water partition coefficient (Wildman–Crippen LogP) is 5.03. The number of rotatable bonds is 3. The van der Waals surface area contributed by atoms with Gasteiger partial charge < -0.3 is 5.11 Å². The molecule has 1 aromatic heterocycles. The van der Waals surface area contributed by atoms with Crippen molar-refractivity contribution in [2.75, 3.05) is 0 Å². The maximum absolute atomic E-state index is 13.3. The quantitative estimate of drug-likeness (QED) is 0.659. The van der Waals surface area contributed by atoms with Crippen molar-refractivity contribution in [2.45, 2.75) is 13.0 Å². The molecule has 2 aromatic carbocycles. The zero-order valence-electron chi connectivity index (χ0n) is 13.1. The van der Waals surface area contributed by atoms with Crippen LogP contribution in [0.1, 0.15) is 22.9 Å². The van der Waals surface area contributed by atoms with Crippen molar-refractivity contribution in [1.82, 2.24) is 9.78 Å². The van der Waals surface area contributed by atoms with Crippen LogP contribution >= 0.6 is 27.5 Å². The van der Waals surface area contributed by atoms with Crippen LogP contribution in [-0.4, -0.2) is 14.9 Å². The second-order valence-electron chi connectivity index (χ2n) is 5.52. The van der Waals surface area contributed by atoms with Crippen LogP contribution in [0.15, 0.2) is 46.9 Å². The average Bonchev–Trinajstić information content (AvgIpc) is 2.81. The second kappa shape index (κ2) is 6.67. The third-order valence-electron chi connectivity index (χ3n) is 3.93. The number of aryl methyl sites for hydroxylation is 2. The van der Waals surface area contributed by atoms with Gasteiger partial charge in [-0.3, -0.25) is 4.68 Å². The molecule has 24 heavy (non-hydrogen) atoms. The van der Waals surface area contributed by atoms with Crippen molar-refractivity contribution in [1.29, 1.82) is 0 Å². The Morgan fingerprint density at radius 2 is 1.96 bits per heavy atom. The SMILES string of the molecule is Cc1nn(C)c(-c2ccccc2Br)c1C(O)c1ccc(F)cc1Cl. The third kappa shape index (κ3) is 2.99. The lowest BCUT2D eigenvalue weighted by atomic mass is 9.96. The van der Waals surface area contributed by atoms with E-state index in [1.807, 2.05) is 38.2 Å². The van der Waals surface area contributed by atoms with E-state index in [9.17, 15) is 9.50 Å². The van der Waals surface area contributed by atoms with E-state index in [0.29, 0.717) is 16.8 Å². The minimum Gasteiger partial charge on any atom is -0.383 e. The average molecular weight is 410 g/mol. The third-order valence-corrected chi connectivity index (χ3v) is 4.95. The molecule has 3 rings (SSSR count). The summed E-state index contributed by atoms with van der Waals surface area (Å²) in [6.07, 6.45) is -1.01. The van der Waals surface area contributed by atoms with E-state index in [1.54, 1.807) is 4.68 Å². The Morgan fingerprint density at radius 1 is 1.25 bits per heavy atom. The summed E-state index contributed by atoms with van der Waals surface area (Å²) in [4.78, 5) is 0. The van der Waals surface area contributed by atoms with E-state index in [-0.39, 0.29) is 5.02 Å². The van der Waals surface area contributed by atoms with Crippen molar-refractivity contribution in [3.05, 3.63) is 74.6 Å². The molecule has 0 saturated heterocycles. The van der Waals surface area contributed by atoms with Gasteiger partial charge in [-0.25, -0.2) is 4.39 Å². The van der Waals surface area contributed by atoms with Crippen molar-refractivity contribution < 1.29 is 9.50 Å². The molecule has 0 fully saturated rings. The lowest BCUT2D eigenvalue weighted by Crippen LogP contribution is -2.04. The molecular formula is C18H15BrClFN2O. The van der Waals surface area contributed by atoms with E-state index < -0.39 is 11.9 Å². The fourth-order valence-electron chi connectivity index (χ4n) is 2.85. The molecule has 0 radical (unpaired) electrons. The molecule has 1 unspecified atom stereocenters. The molecule has 1 N–H and O–H groups in total. The highest BCUT2D eigenvalue weighted by atomic mass is 79.9. The molecular weight excluding hydrogens is 395 g/mol. The standard InChI is InChI=1S/C18H15BrClFN2O/c1-10-16(18(24)13-8-7-11(21)9-15(13)20)17(23(2)22-10)12-5-3-4-6-14(12)19/h3-9,18,24H,1-2H3. The van der Waals surface area contributed by atoms with Crippen LogP contribution in [0, 0.1) is 12.7 Å². The van der Waals surface area contributed by atoms with Gasteiger partial charge in [0.1, 0.15) is 11.9 Å². The Kier molecular flexibility index (Phi) is 4.76. The molecule has 0 aliphatic carbocycles. The molecule has 1 heterocycles. The first-order valence-electron chi connectivity index (χ1n) is 7.31. The highest BCUT2D eigenvalue weighted by Crippen LogP contribution is 2.38. The highest BCUT2D eigenvalue weighted by molar-refractivity contribution is 9.10. The summed E-state index contributed by atoms with van der Waals surface area (Å²) in [5.74, 6) is -0.440. The minimum atomic E-state index is -1.01. The minimum absolute atomic E-state index is 0.184. The van der Waals surface area contributed by atoms with Crippen molar-refractivity contribution in [3.63, 3.8) is 0 Å². The fourth-order valence-corrected chi connectivity index (χ4v) is 3.60. The maximum Gasteiger partial charge on any atom is 0.124 e. The van der Waals surface area contributed by atoms with Crippen molar-refractivity contribution >= 4 is 27.5 Å². The van der Waals surface area contributed by atoms with Gasteiger partial charge in [0.15, 0.2) is 0 Å². The van der Waals surface area contributed by atoms with E-state index in [2.05, 4.69) is 21.0 Å². The molecule has 3 nitrogen and oxygen atoms in total. The molecule has 3 aromatic rings. The van der Waals surface area contributed by atoms with Gasteiger partial charge in [0.25, 0.3) is 0 Å². The molecule has 124 valence electrons. The summed E-state index contributed by atoms with van der Waals surface area (Å²) in [6, 6.07) is 11.7. The summed E-state index contributed by atoms with van der Waals surface area (Å²) in [7, 11) is 1.82. The number of hydrogen-bond acceptors (Lipinski definition) is 2. The molecule has 0 aliphatic heterocycles. The lowest BCUT2D eigenvalue weighted by molar-refractivity contribution is 0.220. The van der Waals surface area contributed by atoms with E-state index in [4.69, 9.17) is 11.6 Å². The molecule has 0 amide bonds.